The molecule has 1 rings (SSSR count). The lowest BCUT2D eigenvalue weighted by atomic mass is 10.4. The van der Waals surface area contributed by atoms with E-state index in [4.69, 9.17) is 9.84 Å². The highest BCUT2D eigenvalue weighted by Gasteiger charge is 2.22. The van der Waals surface area contributed by atoms with E-state index in [9.17, 15) is 9.59 Å². The quantitative estimate of drug-likeness (QED) is 0.776. The van der Waals surface area contributed by atoms with Gasteiger partial charge in [-0.05, 0) is 20.3 Å². The van der Waals surface area contributed by atoms with Crippen LogP contribution in [0.1, 0.15) is 20.3 Å². The van der Waals surface area contributed by atoms with Gasteiger partial charge in [0, 0.05) is 39.8 Å². The molecule has 0 saturated carbocycles. The number of hydrogen-bond donors (Lipinski definition) is 1. The number of carboxylic acid groups (broad SMARTS) is 1. The molecule has 0 aliphatic carbocycles. The van der Waals surface area contributed by atoms with Crippen molar-refractivity contribution < 1.29 is 19.4 Å². The molecule has 7 nitrogen and oxygen atoms in total. The second-order valence-corrected chi connectivity index (χ2v) is 5.63. The number of urea groups is 1. The number of hydrogen-bond acceptors (Lipinski definition) is 4. The van der Waals surface area contributed by atoms with Gasteiger partial charge in [0.2, 0.25) is 0 Å². The number of ether oxygens (including phenoxy) is 1. The van der Waals surface area contributed by atoms with Gasteiger partial charge in [-0.1, -0.05) is 0 Å². The van der Waals surface area contributed by atoms with E-state index in [0.29, 0.717) is 32.8 Å². The molecule has 1 saturated heterocycles. The molecular weight excluding hydrogens is 274 g/mol. The second kappa shape index (κ2) is 8.84. The van der Waals surface area contributed by atoms with Crippen LogP contribution >= 0.6 is 0 Å². The monoisotopic (exact) mass is 301 g/mol. The third-order valence-corrected chi connectivity index (χ3v) is 3.42. The number of aliphatic carboxylic acids is 1. The van der Waals surface area contributed by atoms with Crippen LogP contribution in [0.3, 0.4) is 0 Å². The van der Waals surface area contributed by atoms with Crippen molar-refractivity contribution in [3.05, 3.63) is 0 Å². The summed E-state index contributed by atoms with van der Waals surface area (Å²) in [6, 6.07) is -0.0143. The van der Waals surface area contributed by atoms with E-state index in [0.717, 1.165) is 13.0 Å². The Kier molecular flexibility index (Phi) is 7.45. The highest BCUT2D eigenvalue weighted by atomic mass is 16.5. The van der Waals surface area contributed by atoms with Crippen LogP contribution in [0.5, 0.6) is 0 Å². The SMILES string of the molecule is CC(C)OCCN(C)C(=O)N1CCCN(CC(=O)O)CC1. The van der Waals surface area contributed by atoms with Gasteiger partial charge in [-0.3, -0.25) is 9.69 Å². The molecule has 1 N–H and O–H groups in total. The Morgan fingerprint density at radius 2 is 1.95 bits per heavy atom. The lowest BCUT2D eigenvalue weighted by molar-refractivity contribution is -0.138. The molecule has 1 heterocycles. The summed E-state index contributed by atoms with van der Waals surface area (Å²) in [7, 11) is 1.77. The lowest BCUT2D eigenvalue weighted by Crippen LogP contribution is -2.44. The van der Waals surface area contributed by atoms with Crippen molar-refractivity contribution in [3.8, 4) is 0 Å². The van der Waals surface area contributed by atoms with Crippen molar-refractivity contribution in [2.24, 2.45) is 0 Å². The Balaban J connectivity index is 2.38. The molecule has 7 heteroatoms. The van der Waals surface area contributed by atoms with Gasteiger partial charge in [0.05, 0.1) is 19.3 Å². The standard InChI is InChI=1S/C14H27N3O4/c1-12(2)21-10-9-15(3)14(20)17-6-4-5-16(7-8-17)11-13(18)19/h12H,4-11H2,1-3H3,(H,18,19). The van der Waals surface area contributed by atoms with Gasteiger partial charge in [0.15, 0.2) is 0 Å². The zero-order valence-corrected chi connectivity index (χ0v) is 13.2. The summed E-state index contributed by atoms with van der Waals surface area (Å²) in [4.78, 5) is 28.4. The molecule has 1 aliphatic heterocycles. The molecule has 1 aliphatic rings. The molecule has 0 aromatic rings. The first-order valence-corrected chi connectivity index (χ1v) is 7.46. The summed E-state index contributed by atoms with van der Waals surface area (Å²) in [5, 5.41) is 8.82. The van der Waals surface area contributed by atoms with E-state index in [1.54, 1.807) is 16.8 Å². The fraction of sp³-hybridized carbons (Fsp3) is 0.857. The van der Waals surface area contributed by atoms with Crippen LogP contribution in [0.2, 0.25) is 0 Å². The van der Waals surface area contributed by atoms with Crippen molar-refractivity contribution in [2.75, 3.05) is 52.9 Å². The van der Waals surface area contributed by atoms with Gasteiger partial charge in [0.1, 0.15) is 0 Å². The van der Waals surface area contributed by atoms with E-state index in [1.807, 2.05) is 18.7 Å². The van der Waals surface area contributed by atoms with Crippen LogP contribution in [0.4, 0.5) is 4.79 Å². The highest BCUT2D eigenvalue weighted by molar-refractivity contribution is 5.74. The van der Waals surface area contributed by atoms with Gasteiger partial charge >= 0.3 is 12.0 Å². The van der Waals surface area contributed by atoms with Crippen molar-refractivity contribution in [1.29, 1.82) is 0 Å². The zero-order chi connectivity index (χ0) is 15.8. The van der Waals surface area contributed by atoms with Gasteiger partial charge in [-0.15, -0.1) is 0 Å². The van der Waals surface area contributed by atoms with Crippen LogP contribution in [0.15, 0.2) is 0 Å². The fourth-order valence-corrected chi connectivity index (χ4v) is 2.27. The summed E-state index contributed by atoms with van der Waals surface area (Å²) < 4.78 is 5.45. The second-order valence-electron chi connectivity index (χ2n) is 5.63. The fourth-order valence-electron chi connectivity index (χ4n) is 2.27. The van der Waals surface area contributed by atoms with Crippen LogP contribution < -0.4 is 0 Å². The third kappa shape index (κ3) is 6.77. The first kappa shape index (κ1) is 17.7. The van der Waals surface area contributed by atoms with Gasteiger partial charge in [0.25, 0.3) is 0 Å². The number of carbonyl (C=O) groups is 2. The third-order valence-electron chi connectivity index (χ3n) is 3.42. The molecule has 0 aromatic carbocycles. The minimum Gasteiger partial charge on any atom is -0.480 e. The van der Waals surface area contributed by atoms with Gasteiger partial charge in [-0.25, -0.2) is 4.79 Å². The number of nitrogens with zero attached hydrogens (tertiary/aromatic N) is 3. The smallest absolute Gasteiger partial charge is 0.319 e. The van der Waals surface area contributed by atoms with Crippen LogP contribution in [-0.2, 0) is 9.53 Å². The molecule has 0 unspecified atom stereocenters. The summed E-state index contributed by atoms with van der Waals surface area (Å²) in [6.07, 6.45) is 0.964. The summed E-state index contributed by atoms with van der Waals surface area (Å²) in [5.41, 5.74) is 0. The van der Waals surface area contributed by atoms with E-state index in [-0.39, 0.29) is 18.7 Å². The highest BCUT2D eigenvalue weighted by Crippen LogP contribution is 2.06. The molecule has 0 atom stereocenters. The molecule has 0 bridgehead atoms. The van der Waals surface area contributed by atoms with E-state index >= 15 is 0 Å². The van der Waals surface area contributed by atoms with E-state index < -0.39 is 5.97 Å². The van der Waals surface area contributed by atoms with Crippen LogP contribution in [-0.4, -0.2) is 90.8 Å². The maximum atomic E-state index is 12.3. The average molecular weight is 301 g/mol. The summed E-state index contributed by atoms with van der Waals surface area (Å²) in [6.45, 7) is 7.63. The average Bonchev–Trinajstić information content (AvgIpc) is 2.62. The maximum Gasteiger partial charge on any atom is 0.319 e. The van der Waals surface area contributed by atoms with E-state index in [2.05, 4.69) is 0 Å². The first-order valence-electron chi connectivity index (χ1n) is 7.46. The van der Waals surface area contributed by atoms with Crippen molar-refractivity contribution in [2.45, 2.75) is 26.4 Å². The topological polar surface area (TPSA) is 73.3 Å². The number of likely N-dealkylation sites (N-methyl/N-ethyl adjacent to an activating group) is 1. The molecule has 0 spiro atoms. The molecule has 0 radical (unpaired) electrons. The number of rotatable bonds is 6. The summed E-state index contributed by atoms with van der Waals surface area (Å²) in [5.74, 6) is -0.822. The Hall–Kier alpha value is -1.34. The Morgan fingerprint density at radius 3 is 2.57 bits per heavy atom. The van der Waals surface area contributed by atoms with Crippen molar-refractivity contribution >= 4 is 12.0 Å². The predicted octanol–water partition coefficient (Wildman–Crippen LogP) is 0.556. The molecule has 1 fully saturated rings. The predicted molar refractivity (Wildman–Crippen MR) is 79.4 cm³/mol. The number of carbonyl (C=O) groups excluding carboxylic acids is 1. The van der Waals surface area contributed by atoms with Crippen molar-refractivity contribution in [3.63, 3.8) is 0 Å². The molecule has 0 aromatic heterocycles. The van der Waals surface area contributed by atoms with Crippen LogP contribution in [0, 0.1) is 0 Å². The number of amides is 2. The van der Waals surface area contributed by atoms with Gasteiger partial charge < -0.3 is 19.6 Å². The number of carboxylic acids is 1. The van der Waals surface area contributed by atoms with Crippen molar-refractivity contribution in [1.82, 2.24) is 14.7 Å². The Bertz CT molecular complexity index is 349. The first-order chi connectivity index (χ1) is 9.90. The maximum absolute atomic E-state index is 12.3. The molecule has 122 valence electrons. The van der Waals surface area contributed by atoms with E-state index in [1.165, 1.54) is 0 Å². The normalized spacial score (nSPS) is 16.9. The zero-order valence-electron chi connectivity index (χ0n) is 13.2. The minimum atomic E-state index is -0.822. The largest absolute Gasteiger partial charge is 0.480 e. The molecule has 21 heavy (non-hydrogen) atoms. The van der Waals surface area contributed by atoms with Gasteiger partial charge in [-0.2, -0.15) is 0 Å². The Morgan fingerprint density at radius 1 is 1.24 bits per heavy atom. The van der Waals surface area contributed by atoms with Crippen LogP contribution in [0.25, 0.3) is 0 Å². The lowest BCUT2D eigenvalue weighted by Gasteiger charge is -2.27. The summed E-state index contributed by atoms with van der Waals surface area (Å²) >= 11 is 0. The molecular formula is C14H27N3O4. The molecule has 2 amide bonds. The minimum absolute atomic E-state index is 0.0143. The Labute approximate surface area is 126 Å².